The first-order chi connectivity index (χ1) is 13.4. The van der Waals surface area contributed by atoms with Gasteiger partial charge in [-0.1, -0.05) is 37.3 Å². The lowest BCUT2D eigenvalue weighted by Gasteiger charge is -2.29. The van der Waals surface area contributed by atoms with Gasteiger partial charge in [-0.2, -0.15) is 0 Å². The lowest BCUT2D eigenvalue weighted by atomic mass is 10.1. The van der Waals surface area contributed by atoms with Crippen LogP contribution in [0.25, 0.3) is 0 Å². The monoisotopic (exact) mass is 386 g/mol. The number of nitrogens with zero attached hydrogens (tertiary/aromatic N) is 1. The van der Waals surface area contributed by atoms with E-state index in [9.17, 15) is 14.0 Å². The van der Waals surface area contributed by atoms with Gasteiger partial charge in [-0.15, -0.1) is 0 Å². The van der Waals surface area contributed by atoms with Crippen molar-refractivity contribution in [3.8, 4) is 5.75 Å². The molecule has 2 atom stereocenters. The van der Waals surface area contributed by atoms with Gasteiger partial charge in [-0.25, -0.2) is 4.39 Å². The van der Waals surface area contributed by atoms with Crippen LogP contribution in [-0.4, -0.2) is 35.4 Å². The number of benzene rings is 2. The average molecular weight is 386 g/mol. The number of carbonyl (C=O) groups is 2. The highest BCUT2D eigenvalue weighted by Gasteiger charge is 2.27. The van der Waals surface area contributed by atoms with Crippen LogP contribution in [0.2, 0.25) is 0 Å². The molecule has 0 aliphatic carbocycles. The van der Waals surface area contributed by atoms with Crippen LogP contribution in [0.1, 0.15) is 32.8 Å². The molecule has 28 heavy (non-hydrogen) atoms. The molecule has 1 N–H and O–H groups in total. The van der Waals surface area contributed by atoms with Crippen LogP contribution in [-0.2, 0) is 16.1 Å². The summed E-state index contributed by atoms with van der Waals surface area (Å²) in [6.07, 6.45) is 0.804. The number of carbonyl (C=O) groups excluding carboxylic acids is 2. The third-order valence-electron chi connectivity index (χ3n) is 4.54. The van der Waals surface area contributed by atoms with E-state index in [0.717, 1.165) is 12.0 Å². The summed E-state index contributed by atoms with van der Waals surface area (Å²) in [6, 6.07) is 14.3. The largest absolute Gasteiger partial charge is 0.484 e. The van der Waals surface area contributed by atoms with Crippen molar-refractivity contribution in [2.45, 2.75) is 45.8 Å². The van der Waals surface area contributed by atoms with Crippen molar-refractivity contribution in [1.82, 2.24) is 10.2 Å². The molecule has 150 valence electrons. The lowest BCUT2D eigenvalue weighted by Crippen LogP contribution is -2.50. The molecule has 0 aliphatic heterocycles. The summed E-state index contributed by atoms with van der Waals surface area (Å²) in [5.41, 5.74) is 0.917. The second kappa shape index (κ2) is 10.4. The van der Waals surface area contributed by atoms with Gasteiger partial charge in [0.25, 0.3) is 5.91 Å². The second-order valence-corrected chi connectivity index (χ2v) is 6.74. The van der Waals surface area contributed by atoms with E-state index in [0.29, 0.717) is 12.3 Å². The molecular weight excluding hydrogens is 359 g/mol. The zero-order valence-electron chi connectivity index (χ0n) is 16.5. The number of halogens is 1. The molecule has 2 rings (SSSR count). The quantitative estimate of drug-likeness (QED) is 0.717. The third-order valence-corrected chi connectivity index (χ3v) is 4.54. The van der Waals surface area contributed by atoms with E-state index in [4.69, 9.17) is 4.74 Å². The molecular formula is C22H27FN2O3. The molecule has 2 aromatic carbocycles. The number of amides is 2. The van der Waals surface area contributed by atoms with Gasteiger partial charge in [0.15, 0.2) is 6.61 Å². The van der Waals surface area contributed by atoms with Crippen LogP contribution in [0.3, 0.4) is 0 Å². The summed E-state index contributed by atoms with van der Waals surface area (Å²) >= 11 is 0. The van der Waals surface area contributed by atoms with Crippen molar-refractivity contribution in [2.75, 3.05) is 6.61 Å². The van der Waals surface area contributed by atoms with Crippen LogP contribution >= 0.6 is 0 Å². The minimum Gasteiger partial charge on any atom is -0.484 e. The van der Waals surface area contributed by atoms with E-state index in [-0.39, 0.29) is 30.3 Å². The fourth-order valence-electron chi connectivity index (χ4n) is 2.59. The molecule has 0 spiro atoms. The molecule has 0 saturated heterocycles. The zero-order chi connectivity index (χ0) is 20.5. The maximum absolute atomic E-state index is 13.0. The fourth-order valence-corrected chi connectivity index (χ4v) is 2.59. The Morgan fingerprint density at radius 2 is 1.71 bits per heavy atom. The summed E-state index contributed by atoms with van der Waals surface area (Å²) in [5, 5.41) is 2.92. The highest BCUT2D eigenvalue weighted by molar-refractivity contribution is 5.88. The smallest absolute Gasteiger partial charge is 0.261 e. The molecule has 5 nitrogen and oxygen atoms in total. The minimum absolute atomic E-state index is 0.0269. The predicted molar refractivity (Wildman–Crippen MR) is 106 cm³/mol. The molecule has 0 radical (unpaired) electrons. The van der Waals surface area contributed by atoms with E-state index in [1.807, 2.05) is 44.2 Å². The zero-order valence-corrected chi connectivity index (χ0v) is 16.5. The van der Waals surface area contributed by atoms with E-state index < -0.39 is 6.04 Å². The Hall–Kier alpha value is -2.89. The molecule has 2 amide bonds. The van der Waals surface area contributed by atoms with E-state index in [2.05, 4.69) is 5.32 Å². The van der Waals surface area contributed by atoms with Gasteiger partial charge >= 0.3 is 0 Å². The Bertz CT molecular complexity index is 765. The highest BCUT2D eigenvalue weighted by atomic mass is 19.1. The van der Waals surface area contributed by atoms with Crippen LogP contribution < -0.4 is 10.1 Å². The SMILES string of the molecule is CC[C@H](C)NC(=O)[C@@H](C)N(Cc1ccccc1)C(=O)COc1ccc(F)cc1. The van der Waals surface area contributed by atoms with Crippen molar-refractivity contribution >= 4 is 11.8 Å². The number of hydrogen-bond donors (Lipinski definition) is 1. The molecule has 0 aliphatic rings. The molecule has 0 aromatic heterocycles. The van der Waals surface area contributed by atoms with E-state index >= 15 is 0 Å². The van der Waals surface area contributed by atoms with E-state index in [1.54, 1.807) is 6.92 Å². The minimum atomic E-state index is -0.654. The Morgan fingerprint density at radius 3 is 2.32 bits per heavy atom. The first-order valence-corrected chi connectivity index (χ1v) is 9.42. The maximum atomic E-state index is 13.0. The molecule has 2 aromatic rings. The van der Waals surface area contributed by atoms with Gasteiger partial charge < -0.3 is 15.0 Å². The first-order valence-electron chi connectivity index (χ1n) is 9.42. The number of ether oxygens (including phenoxy) is 1. The third kappa shape index (κ3) is 6.37. The van der Waals surface area contributed by atoms with Crippen molar-refractivity contribution in [2.24, 2.45) is 0 Å². The number of nitrogens with one attached hydrogen (secondary N) is 1. The summed E-state index contributed by atoms with van der Waals surface area (Å²) < 4.78 is 18.5. The van der Waals surface area contributed by atoms with Crippen molar-refractivity contribution in [3.63, 3.8) is 0 Å². The van der Waals surface area contributed by atoms with Gasteiger partial charge in [0, 0.05) is 12.6 Å². The van der Waals surface area contributed by atoms with Crippen molar-refractivity contribution < 1.29 is 18.7 Å². The molecule has 0 saturated carbocycles. The average Bonchev–Trinajstić information content (AvgIpc) is 2.71. The van der Waals surface area contributed by atoms with Crippen LogP contribution in [0.5, 0.6) is 5.75 Å². The topological polar surface area (TPSA) is 58.6 Å². The second-order valence-electron chi connectivity index (χ2n) is 6.74. The predicted octanol–water partition coefficient (Wildman–Crippen LogP) is 3.54. The Labute approximate surface area is 165 Å². The summed E-state index contributed by atoms with van der Waals surface area (Å²) in [6.45, 7) is 5.67. The van der Waals surface area contributed by atoms with E-state index in [1.165, 1.54) is 29.2 Å². The Morgan fingerprint density at radius 1 is 1.07 bits per heavy atom. The molecule has 6 heteroatoms. The highest BCUT2D eigenvalue weighted by Crippen LogP contribution is 2.13. The van der Waals surface area contributed by atoms with Crippen LogP contribution in [0, 0.1) is 5.82 Å². The molecule has 0 bridgehead atoms. The van der Waals surface area contributed by atoms with Gasteiger partial charge in [0.1, 0.15) is 17.6 Å². The number of hydrogen-bond acceptors (Lipinski definition) is 3. The fraction of sp³-hybridized carbons (Fsp3) is 0.364. The van der Waals surface area contributed by atoms with Gasteiger partial charge in [0.05, 0.1) is 0 Å². The lowest BCUT2D eigenvalue weighted by molar-refractivity contribution is -0.142. The van der Waals surface area contributed by atoms with Crippen molar-refractivity contribution in [1.29, 1.82) is 0 Å². The van der Waals surface area contributed by atoms with Gasteiger partial charge in [-0.3, -0.25) is 9.59 Å². The molecule has 0 fully saturated rings. The van der Waals surface area contributed by atoms with Crippen LogP contribution in [0.4, 0.5) is 4.39 Å². The first kappa shape index (κ1) is 21.4. The Kier molecular flexibility index (Phi) is 7.99. The summed E-state index contributed by atoms with van der Waals surface area (Å²) in [7, 11) is 0. The molecule has 0 unspecified atom stereocenters. The van der Waals surface area contributed by atoms with Gasteiger partial charge in [0.2, 0.25) is 5.91 Å². The Balaban J connectivity index is 2.10. The standard InChI is InChI=1S/C22H27FN2O3/c1-4-16(2)24-22(27)17(3)25(14-18-8-6-5-7-9-18)21(26)15-28-20-12-10-19(23)11-13-20/h5-13,16-17H,4,14-15H2,1-3H3,(H,24,27)/t16-,17+/m0/s1. The molecule has 0 heterocycles. The number of rotatable bonds is 9. The summed E-state index contributed by atoms with van der Waals surface area (Å²) in [4.78, 5) is 26.9. The van der Waals surface area contributed by atoms with Crippen LogP contribution in [0.15, 0.2) is 54.6 Å². The maximum Gasteiger partial charge on any atom is 0.261 e. The van der Waals surface area contributed by atoms with Crippen molar-refractivity contribution in [3.05, 3.63) is 66.0 Å². The van der Waals surface area contributed by atoms with Gasteiger partial charge in [-0.05, 0) is 50.1 Å². The summed E-state index contributed by atoms with van der Waals surface area (Å²) in [5.74, 6) is -0.508. The normalized spacial score (nSPS) is 12.7.